The lowest BCUT2D eigenvalue weighted by molar-refractivity contribution is -0.210. The highest BCUT2D eigenvalue weighted by Gasteiger charge is 2.29. The van der Waals surface area contributed by atoms with Gasteiger partial charge in [-0.05, 0) is 12.5 Å². The molecule has 0 radical (unpaired) electrons. The van der Waals surface area contributed by atoms with Gasteiger partial charge in [-0.1, -0.05) is 26.8 Å². The van der Waals surface area contributed by atoms with Crippen molar-refractivity contribution in [1.82, 2.24) is 9.97 Å². The van der Waals surface area contributed by atoms with Gasteiger partial charge in [0.1, 0.15) is 11.6 Å². The number of H-pyrrole nitrogens is 1. The quantitative estimate of drug-likeness (QED) is 0.910. The van der Waals surface area contributed by atoms with E-state index >= 15 is 0 Å². The molecule has 0 fully saturated rings. The SMILES string of the molecule is CCC(F)(F)OC1=CCC=c2nc(C(C)C)[nH]c2=C1. The molecule has 19 heavy (non-hydrogen) atoms. The average molecular weight is 268 g/mol. The molecule has 1 aromatic heterocycles. The Kier molecular flexibility index (Phi) is 3.73. The van der Waals surface area contributed by atoms with Crippen molar-refractivity contribution in [2.75, 3.05) is 0 Å². The third-order valence-corrected chi connectivity index (χ3v) is 2.92. The summed E-state index contributed by atoms with van der Waals surface area (Å²) >= 11 is 0. The number of imidazole rings is 1. The fourth-order valence-corrected chi connectivity index (χ4v) is 1.76. The second kappa shape index (κ2) is 5.15. The molecular weight excluding hydrogens is 250 g/mol. The number of aromatic nitrogens is 2. The Morgan fingerprint density at radius 2 is 2.16 bits per heavy atom. The molecule has 1 N–H and O–H groups in total. The smallest absolute Gasteiger partial charge is 0.397 e. The molecule has 2 rings (SSSR count). The van der Waals surface area contributed by atoms with Crippen LogP contribution in [-0.2, 0) is 4.74 Å². The zero-order valence-electron chi connectivity index (χ0n) is 11.3. The van der Waals surface area contributed by atoms with E-state index in [1.807, 2.05) is 19.9 Å². The molecule has 0 bridgehead atoms. The van der Waals surface area contributed by atoms with Gasteiger partial charge in [0.05, 0.1) is 10.7 Å². The van der Waals surface area contributed by atoms with Crippen LogP contribution in [0.3, 0.4) is 0 Å². The summed E-state index contributed by atoms with van der Waals surface area (Å²) in [5, 5.41) is 1.51. The first-order valence-electron chi connectivity index (χ1n) is 6.46. The monoisotopic (exact) mass is 268 g/mol. The highest BCUT2D eigenvalue weighted by molar-refractivity contribution is 5.46. The van der Waals surface area contributed by atoms with Crippen LogP contribution in [-0.4, -0.2) is 16.1 Å². The van der Waals surface area contributed by atoms with E-state index in [1.54, 1.807) is 12.2 Å². The summed E-state index contributed by atoms with van der Waals surface area (Å²) in [6.07, 6.45) is 2.16. The van der Waals surface area contributed by atoms with Crippen LogP contribution in [0.1, 0.15) is 45.4 Å². The number of alkyl halides is 2. The van der Waals surface area contributed by atoms with Gasteiger partial charge in [-0.25, -0.2) is 4.98 Å². The van der Waals surface area contributed by atoms with Crippen LogP contribution >= 0.6 is 0 Å². The molecule has 104 valence electrons. The van der Waals surface area contributed by atoms with Crippen molar-refractivity contribution in [2.24, 2.45) is 0 Å². The lowest BCUT2D eigenvalue weighted by Crippen LogP contribution is -2.25. The van der Waals surface area contributed by atoms with Gasteiger partial charge >= 0.3 is 6.11 Å². The molecule has 0 saturated heterocycles. The first-order chi connectivity index (χ1) is 8.91. The topological polar surface area (TPSA) is 37.9 Å². The van der Waals surface area contributed by atoms with Gasteiger partial charge in [-0.15, -0.1) is 0 Å². The highest BCUT2D eigenvalue weighted by Crippen LogP contribution is 2.24. The van der Waals surface area contributed by atoms with Crippen molar-refractivity contribution in [2.45, 2.75) is 45.6 Å². The average Bonchev–Trinajstić information content (AvgIpc) is 2.64. The highest BCUT2D eigenvalue weighted by atomic mass is 19.3. The van der Waals surface area contributed by atoms with Crippen LogP contribution < -0.4 is 10.7 Å². The summed E-state index contributed by atoms with van der Waals surface area (Å²) in [4.78, 5) is 7.59. The molecule has 0 unspecified atom stereocenters. The van der Waals surface area contributed by atoms with Crippen molar-refractivity contribution in [3.8, 4) is 0 Å². The fraction of sp³-hybridized carbons (Fsp3) is 0.500. The van der Waals surface area contributed by atoms with Crippen molar-refractivity contribution in [1.29, 1.82) is 0 Å². The number of halogens is 2. The minimum atomic E-state index is -3.13. The summed E-state index contributed by atoms with van der Waals surface area (Å²) in [6.45, 7) is 5.44. The Labute approximate surface area is 110 Å². The third-order valence-electron chi connectivity index (χ3n) is 2.92. The van der Waals surface area contributed by atoms with Gasteiger partial charge < -0.3 is 9.72 Å². The first kappa shape index (κ1) is 13.8. The minimum absolute atomic E-state index is 0.181. The lowest BCUT2D eigenvalue weighted by atomic mass is 10.2. The van der Waals surface area contributed by atoms with Crippen LogP contribution in [0.15, 0.2) is 11.8 Å². The van der Waals surface area contributed by atoms with E-state index in [2.05, 4.69) is 9.97 Å². The molecule has 0 aromatic carbocycles. The van der Waals surface area contributed by atoms with E-state index in [0.717, 1.165) is 16.5 Å². The van der Waals surface area contributed by atoms with E-state index in [9.17, 15) is 8.78 Å². The zero-order chi connectivity index (χ0) is 14.0. The van der Waals surface area contributed by atoms with E-state index < -0.39 is 6.11 Å². The van der Waals surface area contributed by atoms with Crippen LogP contribution in [0.2, 0.25) is 0 Å². The van der Waals surface area contributed by atoms with Gasteiger partial charge in [0.25, 0.3) is 0 Å². The summed E-state index contributed by atoms with van der Waals surface area (Å²) in [5.74, 6) is 1.29. The van der Waals surface area contributed by atoms with Crippen molar-refractivity contribution < 1.29 is 13.5 Å². The number of allylic oxidation sites excluding steroid dienone is 2. The Balaban J connectivity index is 2.35. The maximum absolute atomic E-state index is 13.3. The number of ether oxygens (including phenoxy) is 1. The molecule has 0 aliphatic heterocycles. The van der Waals surface area contributed by atoms with Crippen LogP contribution in [0.25, 0.3) is 12.2 Å². The van der Waals surface area contributed by atoms with Gasteiger partial charge in [-0.2, -0.15) is 8.78 Å². The minimum Gasteiger partial charge on any atom is -0.433 e. The number of nitrogens with zero attached hydrogens (tertiary/aromatic N) is 1. The summed E-state index contributed by atoms with van der Waals surface area (Å²) in [7, 11) is 0. The largest absolute Gasteiger partial charge is 0.433 e. The van der Waals surface area contributed by atoms with Gasteiger partial charge in [0.15, 0.2) is 0 Å². The number of hydrogen-bond donors (Lipinski definition) is 1. The molecule has 1 aliphatic rings. The second-order valence-electron chi connectivity index (χ2n) is 4.86. The number of aromatic amines is 1. The van der Waals surface area contributed by atoms with E-state index in [4.69, 9.17) is 4.74 Å². The number of nitrogens with one attached hydrogen (secondary N) is 1. The molecule has 1 aliphatic carbocycles. The maximum Gasteiger partial charge on any atom is 0.397 e. The van der Waals surface area contributed by atoms with Gasteiger partial charge in [-0.3, -0.25) is 0 Å². The van der Waals surface area contributed by atoms with Crippen LogP contribution in [0.4, 0.5) is 8.78 Å². The maximum atomic E-state index is 13.3. The Morgan fingerprint density at radius 3 is 2.79 bits per heavy atom. The first-order valence-corrected chi connectivity index (χ1v) is 6.46. The normalized spacial score (nSPS) is 15.2. The van der Waals surface area contributed by atoms with Crippen molar-refractivity contribution in [3.63, 3.8) is 0 Å². The van der Waals surface area contributed by atoms with Crippen LogP contribution in [0, 0.1) is 0 Å². The Morgan fingerprint density at radius 1 is 1.42 bits per heavy atom. The molecule has 1 heterocycles. The standard InChI is InChI=1S/C14H18F2N2O/c1-4-14(15,16)19-10-6-5-7-11-12(8-10)18-13(17-11)9(2)3/h6-9H,4-5H2,1-3H3,(H,17,18). The van der Waals surface area contributed by atoms with Crippen molar-refractivity contribution in [3.05, 3.63) is 28.4 Å². The molecule has 1 aromatic rings. The molecule has 0 spiro atoms. The fourth-order valence-electron chi connectivity index (χ4n) is 1.76. The lowest BCUT2D eigenvalue weighted by Gasteiger charge is -2.16. The van der Waals surface area contributed by atoms with Crippen molar-refractivity contribution >= 4 is 12.2 Å². The van der Waals surface area contributed by atoms with E-state index in [-0.39, 0.29) is 18.1 Å². The van der Waals surface area contributed by atoms with Crippen LogP contribution in [0.5, 0.6) is 0 Å². The number of fused-ring (bicyclic) bond motifs is 1. The summed E-state index contributed by atoms with van der Waals surface area (Å²) < 4.78 is 31.3. The van der Waals surface area contributed by atoms with Gasteiger partial charge in [0, 0.05) is 18.4 Å². The molecule has 3 nitrogen and oxygen atoms in total. The number of rotatable bonds is 4. The predicted octanol–water partition coefficient (Wildman–Crippen LogP) is 2.40. The zero-order valence-corrected chi connectivity index (χ0v) is 11.3. The van der Waals surface area contributed by atoms with E-state index in [1.165, 1.54) is 6.92 Å². The molecular formula is C14H18F2N2O. The summed E-state index contributed by atoms with van der Waals surface area (Å²) in [5.41, 5.74) is 0. The van der Waals surface area contributed by atoms with E-state index in [0.29, 0.717) is 6.42 Å². The molecule has 0 atom stereocenters. The molecule has 0 amide bonds. The number of hydrogen-bond acceptors (Lipinski definition) is 2. The third kappa shape index (κ3) is 3.22. The molecule has 0 saturated carbocycles. The second-order valence-corrected chi connectivity index (χ2v) is 4.86. The Hall–Kier alpha value is -1.65. The molecule has 5 heteroatoms. The Bertz CT molecular complexity index is 599. The predicted molar refractivity (Wildman–Crippen MR) is 69.9 cm³/mol. The van der Waals surface area contributed by atoms with Gasteiger partial charge in [0.2, 0.25) is 0 Å². The summed E-state index contributed by atoms with van der Waals surface area (Å²) in [6, 6.07) is 0.